The summed E-state index contributed by atoms with van der Waals surface area (Å²) in [6.07, 6.45) is 1.26. The van der Waals surface area contributed by atoms with Gasteiger partial charge in [0, 0.05) is 19.4 Å². The topological polar surface area (TPSA) is 58.6 Å². The number of rotatable bonds is 2. The molecule has 2 heterocycles. The minimum absolute atomic E-state index is 0.113. The van der Waals surface area contributed by atoms with Crippen molar-refractivity contribution in [3.8, 4) is 0 Å². The quantitative estimate of drug-likeness (QED) is 0.882. The van der Waals surface area contributed by atoms with Gasteiger partial charge in [0.1, 0.15) is 11.5 Å². The predicted octanol–water partition coefficient (Wildman–Crippen LogP) is 0.926. The van der Waals surface area contributed by atoms with Crippen molar-refractivity contribution in [2.75, 3.05) is 26.2 Å². The zero-order valence-corrected chi connectivity index (χ0v) is 11.8. The Balaban J connectivity index is 1.95. The van der Waals surface area contributed by atoms with Crippen molar-refractivity contribution >= 4 is 10.0 Å². The lowest BCUT2D eigenvalue weighted by Crippen LogP contribution is -2.53. The average molecular weight is 300 g/mol. The molecule has 110 valence electrons. The van der Waals surface area contributed by atoms with Gasteiger partial charge in [-0.1, -0.05) is 0 Å². The Morgan fingerprint density at radius 3 is 2.50 bits per heavy atom. The van der Waals surface area contributed by atoms with Gasteiger partial charge in [-0.25, -0.2) is 12.8 Å². The lowest BCUT2D eigenvalue weighted by atomic mass is 10.0. The van der Waals surface area contributed by atoms with E-state index in [1.54, 1.807) is 0 Å². The Labute approximate surface area is 117 Å². The van der Waals surface area contributed by atoms with Gasteiger partial charge >= 0.3 is 0 Å². The molecular formula is C13H17FN2O3S. The van der Waals surface area contributed by atoms with Gasteiger partial charge < -0.3 is 10.1 Å². The van der Waals surface area contributed by atoms with Gasteiger partial charge in [0.15, 0.2) is 0 Å². The van der Waals surface area contributed by atoms with Crippen LogP contribution in [0.25, 0.3) is 0 Å². The Hall–Kier alpha value is -1.02. The number of halogens is 1. The van der Waals surface area contributed by atoms with E-state index < -0.39 is 21.6 Å². The first-order chi connectivity index (χ1) is 9.55. The fourth-order valence-corrected chi connectivity index (χ4v) is 4.60. The summed E-state index contributed by atoms with van der Waals surface area (Å²) < 4.78 is 45.6. The second-order valence-corrected chi connectivity index (χ2v) is 6.94. The molecule has 0 amide bonds. The molecule has 5 nitrogen and oxygen atoms in total. The maximum absolute atomic E-state index is 13.0. The van der Waals surface area contributed by atoms with Crippen LogP contribution in [0.3, 0.4) is 0 Å². The summed E-state index contributed by atoms with van der Waals surface area (Å²) in [6.45, 7) is 2.21. The highest BCUT2D eigenvalue weighted by atomic mass is 32.2. The van der Waals surface area contributed by atoms with Crippen LogP contribution in [0.15, 0.2) is 29.2 Å². The minimum Gasteiger partial charge on any atom is -0.358 e. The summed E-state index contributed by atoms with van der Waals surface area (Å²) in [4.78, 5) is 0.113. The van der Waals surface area contributed by atoms with Crippen molar-refractivity contribution in [1.29, 1.82) is 0 Å². The van der Waals surface area contributed by atoms with Crippen molar-refractivity contribution in [2.45, 2.75) is 23.5 Å². The summed E-state index contributed by atoms with van der Waals surface area (Å²) in [7, 11) is -3.65. The van der Waals surface area contributed by atoms with Crippen molar-refractivity contribution < 1.29 is 17.5 Å². The SMILES string of the molecule is O=S(=O)(c1ccc(F)cc1)N1CCOC12CCNCC2. The third-order valence-electron chi connectivity index (χ3n) is 3.91. The van der Waals surface area contributed by atoms with Crippen molar-refractivity contribution in [3.05, 3.63) is 30.1 Å². The van der Waals surface area contributed by atoms with Crippen LogP contribution in [0.5, 0.6) is 0 Å². The van der Waals surface area contributed by atoms with E-state index in [1.165, 1.54) is 28.6 Å². The molecule has 2 fully saturated rings. The van der Waals surface area contributed by atoms with Crippen LogP contribution in [0.4, 0.5) is 4.39 Å². The van der Waals surface area contributed by atoms with Gasteiger partial charge in [-0.2, -0.15) is 4.31 Å². The van der Waals surface area contributed by atoms with E-state index in [2.05, 4.69) is 5.32 Å². The molecule has 0 aromatic heterocycles. The molecule has 20 heavy (non-hydrogen) atoms. The first-order valence-corrected chi connectivity index (χ1v) is 8.12. The second-order valence-electron chi connectivity index (χ2n) is 5.08. The van der Waals surface area contributed by atoms with Crippen LogP contribution in [-0.4, -0.2) is 44.7 Å². The lowest BCUT2D eigenvalue weighted by molar-refractivity contribution is -0.0704. The molecular weight excluding hydrogens is 283 g/mol. The highest BCUT2D eigenvalue weighted by Crippen LogP contribution is 2.36. The van der Waals surface area contributed by atoms with Crippen molar-refractivity contribution in [2.24, 2.45) is 0 Å². The molecule has 3 rings (SSSR count). The van der Waals surface area contributed by atoms with Gasteiger partial charge in [0.2, 0.25) is 10.0 Å². The Bertz CT molecular complexity index is 582. The molecule has 2 saturated heterocycles. The van der Waals surface area contributed by atoms with Crippen LogP contribution in [0, 0.1) is 5.82 Å². The standard InChI is InChI=1S/C13H17FN2O3S/c14-11-1-3-12(4-2-11)20(17,18)16-9-10-19-13(16)5-7-15-8-6-13/h1-4,15H,5-10H2. The first kappa shape index (κ1) is 13.9. The van der Waals surface area contributed by atoms with E-state index in [-0.39, 0.29) is 4.90 Å². The first-order valence-electron chi connectivity index (χ1n) is 6.68. The highest BCUT2D eigenvalue weighted by molar-refractivity contribution is 7.89. The maximum Gasteiger partial charge on any atom is 0.245 e. The Kier molecular flexibility index (Phi) is 3.53. The van der Waals surface area contributed by atoms with Gasteiger partial charge in [0.05, 0.1) is 11.5 Å². The number of nitrogens with zero attached hydrogens (tertiary/aromatic N) is 1. The molecule has 2 aliphatic rings. The molecule has 0 unspecified atom stereocenters. The van der Waals surface area contributed by atoms with Crippen LogP contribution < -0.4 is 5.32 Å². The van der Waals surface area contributed by atoms with Gasteiger partial charge in [-0.3, -0.25) is 0 Å². The number of sulfonamides is 1. The van der Waals surface area contributed by atoms with E-state index in [4.69, 9.17) is 4.74 Å². The molecule has 1 spiro atoms. The molecule has 1 aromatic rings. The van der Waals surface area contributed by atoms with Gasteiger partial charge in [-0.05, 0) is 37.4 Å². The average Bonchev–Trinajstić information content (AvgIpc) is 2.84. The molecule has 2 aliphatic heterocycles. The molecule has 0 saturated carbocycles. The van der Waals surface area contributed by atoms with E-state index in [0.29, 0.717) is 26.0 Å². The van der Waals surface area contributed by atoms with E-state index >= 15 is 0 Å². The van der Waals surface area contributed by atoms with E-state index in [9.17, 15) is 12.8 Å². The number of benzene rings is 1. The number of nitrogens with one attached hydrogen (secondary N) is 1. The fraction of sp³-hybridized carbons (Fsp3) is 0.538. The normalized spacial score (nSPS) is 23.2. The van der Waals surface area contributed by atoms with Gasteiger partial charge in [0.25, 0.3) is 0 Å². The lowest BCUT2D eigenvalue weighted by Gasteiger charge is -2.39. The van der Waals surface area contributed by atoms with Crippen molar-refractivity contribution in [1.82, 2.24) is 9.62 Å². The van der Waals surface area contributed by atoms with Crippen LogP contribution in [-0.2, 0) is 14.8 Å². The molecule has 0 radical (unpaired) electrons. The molecule has 1 N–H and O–H groups in total. The smallest absolute Gasteiger partial charge is 0.245 e. The zero-order valence-electron chi connectivity index (χ0n) is 11.0. The number of ether oxygens (including phenoxy) is 1. The number of hydrogen-bond donors (Lipinski definition) is 1. The minimum atomic E-state index is -3.65. The molecule has 0 aliphatic carbocycles. The van der Waals surface area contributed by atoms with E-state index in [1.807, 2.05) is 0 Å². The summed E-state index contributed by atoms with van der Waals surface area (Å²) in [5.41, 5.74) is -0.738. The van der Waals surface area contributed by atoms with Crippen LogP contribution in [0.1, 0.15) is 12.8 Å². The summed E-state index contributed by atoms with van der Waals surface area (Å²) in [6, 6.07) is 4.94. The summed E-state index contributed by atoms with van der Waals surface area (Å²) >= 11 is 0. The maximum atomic E-state index is 13.0. The van der Waals surface area contributed by atoms with Crippen LogP contribution >= 0.6 is 0 Å². The monoisotopic (exact) mass is 300 g/mol. The fourth-order valence-electron chi connectivity index (χ4n) is 2.88. The van der Waals surface area contributed by atoms with E-state index in [0.717, 1.165) is 13.1 Å². The molecule has 7 heteroatoms. The predicted molar refractivity (Wildman–Crippen MR) is 71.1 cm³/mol. The molecule has 0 bridgehead atoms. The summed E-state index contributed by atoms with van der Waals surface area (Å²) in [5, 5.41) is 3.20. The third kappa shape index (κ3) is 2.24. The molecule has 0 atom stereocenters. The largest absolute Gasteiger partial charge is 0.358 e. The second kappa shape index (κ2) is 5.07. The number of piperidine rings is 1. The number of hydrogen-bond acceptors (Lipinski definition) is 4. The zero-order chi connectivity index (χ0) is 14.2. The van der Waals surface area contributed by atoms with Crippen molar-refractivity contribution in [3.63, 3.8) is 0 Å². The van der Waals surface area contributed by atoms with Crippen LogP contribution in [0.2, 0.25) is 0 Å². The Morgan fingerprint density at radius 1 is 1.20 bits per heavy atom. The van der Waals surface area contributed by atoms with Gasteiger partial charge in [-0.15, -0.1) is 0 Å². The Morgan fingerprint density at radius 2 is 1.85 bits per heavy atom. The summed E-state index contributed by atoms with van der Waals surface area (Å²) in [5.74, 6) is -0.446. The molecule has 1 aromatic carbocycles. The third-order valence-corrected chi connectivity index (χ3v) is 5.87. The highest BCUT2D eigenvalue weighted by Gasteiger charge is 2.49.